The number of benzene rings is 1. The maximum atomic E-state index is 11.7. The highest BCUT2D eigenvalue weighted by molar-refractivity contribution is 5.67. The topological polar surface area (TPSA) is 64.3 Å². The van der Waals surface area contributed by atoms with Crippen molar-refractivity contribution in [2.45, 2.75) is 31.9 Å². The Morgan fingerprint density at radius 2 is 2.11 bits per heavy atom. The van der Waals surface area contributed by atoms with Crippen LogP contribution in [-0.4, -0.2) is 18.7 Å². The van der Waals surface area contributed by atoms with Gasteiger partial charge in [-0.3, -0.25) is 0 Å². The van der Waals surface area contributed by atoms with Crippen molar-refractivity contribution >= 4 is 6.09 Å². The summed E-state index contributed by atoms with van der Waals surface area (Å²) in [4.78, 5) is 11.7. The molecule has 2 unspecified atom stereocenters. The third-order valence-corrected chi connectivity index (χ3v) is 3.48. The monoisotopic (exact) mass is 248 g/mol. The zero-order valence-corrected chi connectivity index (χ0v) is 10.5. The van der Waals surface area contributed by atoms with Crippen LogP contribution in [0.1, 0.15) is 24.8 Å². The van der Waals surface area contributed by atoms with Crippen LogP contribution in [0.15, 0.2) is 30.3 Å². The molecule has 4 nitrogen and oxygen atoms in total. The molecule has 4 heteroatoms. The van der Waals surface area contributed by atoms with Crippen LogP contribution in [0.4, 0.5) is 4.79 Å². The van der Waals surface area contributed by atoms with Gasteiger partial charge in [-0.05, 0) is 30.9 Å². The van der Waals surface area contributed by atoms with Gasteiger partial charge in [0.25, 0.3) is 0 Å². The summed E-state index contributed by atoms with van der Waals surface area (Å²) in [6, 6.07) is 9.85. The minimum Gasteiger partial charge on any atom is -0.445 e. The molecule has 0 aromatic heterocycles. The highest BCUT2D eigenvalue weighted by Crippen LogP contribution is 2.24. The first-order chi connectivity index (χ1) is 8.79. The molecule has 18 heavy (non-hydrogen) atoms. The SMILES string of the molecule is NCC1CCCC1NC(=O)OCc1ccccc1. The molecule has 2 rings (SSSR count). The quantitative estimate of drug-likeness (QED) is 0.857. The smallest absolute Gasteiger partial charge is 0.407 e. The van der Waals surface area contributed by atoms with Crippen LogP contribution in [-0.2, 0) is 11.3 Å². The number of amides is 1. The molecule has 1 amide bonds. The maximum absolute atomic E-state index is 11.7. The number of hydrogen-bond donors (Lipinski definition) is 2. The van der Waals surface area contributed by atoms with Gasteiger partial charge in [-0.1, -0.05) is 36.8 Å². The molecule has 0 bridgehead atoms. The van der Waals surface area contributed by atoms with Crippen LogP contribution < -0.4 is 11.1 Å². The van der Waals surface area contributed by atoms with Gasteiger partial charge in [0.15, 0.2) is 0 Å². The fourth-order valence-electron chi connectivity index (χ4n) is 2.43. The first-order valence-electron chi connectivity index (χ1n) is 6.47. The van der Waals surface area contributed by atoms with Crippen molar-refractivity contribution in [2.24, 2.45) is 11.7 Å². The van der Waals surface area contributed by atoms with Gasteiger partial charge in [0, 0.05) is 6.04 Å². The van der Waals surface area contributed by atoms with Crippen LogP contribution in [0.3, 0.4) is 0 Å². The molecular weight excluding hydrogens is 228 g/mol. The standard InChI is InChI=1S/C14H20N2O2/c15-9-12-7-4-8-13(12)16-14(17)18-10-11-5-2-1-3-6-11/h1-3,5-6,12-13H,4,7-10,15H2,(H,16,17). The zero-order valence-electron chi connectivity index (χ0n) is 10.5. The zero-order chi connectivity index (χ0) is 12.8. The van der Waals surface area contributed by atoms with E-state index >= 15 is 0 Å². The van der Waals surface area contributed by atoms with Crippen molar-refractivity contribution in [2.75, 3.05) is 6.54 Å². The van der Waals surface area contributed by atoms with Crippen molar-refractivity contribution in [1.29, 1.82) is 0 Å². The molecule has 1 aliphatic carbocycles. The van der Waals surface area contributed by atoms with Gasteiger partial charge < -0.3 is 15.8 Å². The van der Waals surface area contributed by atoms with E-state index in [-0.39, 0.29) is 12.1 Å². The fraction of sp³-hybridized carbons (Fsp3) is 0.500. The summed E-state index contributed by atoms with van der Waals surface area (Å²) in [6.45, 7) is 0.941. The number of ether oxygens (including phenoxy) is 1. The molecule has 1 saturated carbocycles. The summed E-state index contributed by atoms with van der Waals surface area (Å²) in [7, 11) is 0. The van der Waals surface area contributed by atoms with Gasteiger partial charge in [-0.15, -0.1) is 0 Å². The lowest BCUT2D eigenvalue weighted by molar-refractivity contribution is 0.133. The van der Waals surface area contributed by atoms with E-state index in [0.29, 0.717) is 19.1 Å². The average Bonchev–Trinajstić information content (AvgIpc) is 2.85. The summed E-state index contributed by atoms with van der Waals surface area (Å²) in [5.41, 5.74) is 6.67. The van der Waals surface area contributed by atoms with Gasteiger partial charge >= 0.3 is 6.09 Å². The second-order valence-corrected chi connectivity index (χ2v) is 4.74. The first kappa shape index (κ1) is 12.9. The van der Waals surface area contributed by atoms with Gasteiger partial charge in [0.1, 0.15) is 6.61 Å². The van der Waals surface area contributed by atoms with Crippen molar-refractivity contribution < 1.29 is 9.53 Å². The Balaban J connectivity index is 1.75. The summed E-state index contributed by atoms with van der Waals surface area (Å²) in [5, 5.41) is 2.91. The first-order valence-corrected chi connectivity index (χ1v) is 6.47. The van der Waals surface area contributed by atoms with E-state index in [1.807, 2.05) is 30.3 Å². The summed E-state index contributed by atoms with van der Waals surface area (Å²) in [6.07, 6.45) is 2.89. The number of nitrogens with one attached hydrogen (secondary N) is 1. The number of carbonyl (C=O) groups is 1. The van der Waals surface area contributed by atoms with E-state index in [9.17, 15) is 4.79 Å². The summed E-state index contributed by atoms with van der Waals surface area (Å²) in [5.74, 6) is 0.397. The molecule has 1 fully saturated rings. The molecule has 0 aliphatic heterocycles. The van der Waals surface area contributed by atoms with Crippen LogP contribution in [0.2, 0.25) is 0 Å². The molecule has 1 aromatic rings. The van der Waals surface area contributed by atoms with E-state index in [1.165, 1.54) is 0 Å². The molecule has 2 atom stereocenters. The molecule has 0 spiro atoms. The number of alkyl carbamates (subject to hydrolysis) is 1. The van der Waals surface area contributed by atoms with Crippen molar-refractivity contribution in [1.82, 2.24) is 5.32 Å². The maximum Gasteiger partial charge on any atom is 0.407 e. The average molecular weight is 248 g/mol. The van der Waals surface area contributed by atoms with E-state index in [0.717, 1.165) is 24.8 Å². The number of nitrogens with two attached hydrogens (primary N) is 1. The van der Waals surface area contributed by atoms with Gasteiger partial charge in [0.2, 0.25) is 0 Å². The predicted molar refractivity (Wildman–Crippen MR) is 69.9 cm³/mol. The van der Waals surface area contributed by atoms with Gasteiger partial charge in [-0.25, -0.2) is 4.79 Å². The van der Waals surface area contributed by atoms with Gasteiger partial charge in [-0.2, -0.15) is 0 Å². The number of carbonyl (C=O) groups excluding carboxylic acids is 1. The minimum absolute atomic E-state index is 0.179. The van der Waals surface area contributed by atoms with Crippen molar-refractivity contribution in [3.05, 3.63) is 35.9 Å². The van der Waals surface area contributed by atoms with Crippen LogP contribution in [0.5, 0.6) is 0 Å². The molecule has 98 valence electrons. The molecule has 0 radical (unpaired) electrons. The lowest BCUT2D eigenvalue weighted by Gasteiger charge is -2.19. The summed E-state index contributed by atoms with van der Waals surface area (Å²) >= 11 is 0. The number of hydrogen-bond acceptors (Lipinski definition) is 3. The Morgan fingerprint density at radius 1 is 1.33 bits per heavy atom. The van der Waals surface area contributed by atoms with Gasteiger partial charge in [0.05, 0.1) is 0 Å². The lowest BCUT2D eigenvalue weighted by Crippen LogP contribution is -2.40. The molecule has 1 aliphatic rings. The Hall–Kier alpha value is -1.55. The van der Waals surface area contributed by atoms with E-state index in [1.54, 1.807) is 0 Å². The Morgan fingerprint density at radius 3 is 2.83 bits per heavy atom. The third kappa shape index (κ3) is 3.47. The molecular formula is C14H20N2O2. The normalized spacial score (nSPS) is 22.7. The molecule has 0 heterocycles. The molecule has 3 N–H and O–H groups in total. The molecule has 0 saturated heterocycles. The Kier molecular flexibility index (Phi) is 4.59. The number of rotatable bonds is 4. The Bertz CT molecular complexity index is 381. The third-order valence-electron chi connectivity index (χ3n) is 3.48. The van der Waals surface area contributed by atoms with Crippen molar-refractivity contribution in [3.63, 3.8) is 0 Å². The second-order valence-electron chi connectivity index (χ2n) is 4.74. The van der Waals surface area contributed by atoms with Crippen LogP contribution in [0.25, 0.3) is 0 Å². The highest BCUT2D eigenvalue weighted by atomic mass is 16.5. The van der Waals surface area contributed by atoms with Crippen LogP contribution >= 0.6 is 0 Å². The predicted octanol–water partition coefficient (Wildman–Crippen LogP) is 2.04. The Labute approximate surface area is 108 Å². The summed E-state index contributed by atoms with van der Waals surface area (Å²) < 4.78 is 5.19. The lowest BCUT2D eigenvalue weighted by atomic mass is 10.0. The highest BCUT2D eigenvalue weighted by Gasteiger charge is 2.27. The second kappa shape index (κ2) is 6.40. The van der Waals surface area contributed by atoms with Crippen LogP contribution in [0, 0.1) is 5.92 Å². The molecule has 1 aromatic carbocycles. The largest absolute Gasteiger partial charge is 0.445 e. The van der Waals surface area contributed by atoms with E-state index < -0.39 is 0 Å². The van der Waals surface area contributed by atoms with E-state index in [2.05, 4.69) is 5.32 Å². The van der Waals surface area contributed by atoms with Crippen molar-refractivity contribution in [3.8, 4) is 0 Å². The van der Waals surface area contributed by atoms with E-state index in [4.69, 9.17) is 10.5 Å². The minimum atomic E-state index is -0.343. The fourth-order valence-corrected chi connectivity index (χ4v) is 2.43.